The second-order valence-electron chi connectivity index (χ2n) is 9.45. The number of nitrogens with zero attached hydrogens (tertiary/aromatic N) is 2. The van der Waals surface area contributed by atoms with Gasteiger partial charge in [0.2, 0.25) is 11.8 Å². The molecule has 0 bridgehead atoms. The van der Waals surface area contributed by atoms with Crippen LogP contribution in [0.2, 0.25) is 5.02 Å². The number of nitrogens with one attached hydrogen (secondary N) is 2. The van der Waals surface area contributed by atoms with Gasteiger partial charge in [0, 0.05) is 33.6 Å². The van der Waals surface area contributed by atoms with Gasteiger partial charge >= 0.3 is 4.87 Å². The third-order valence-electron chi connectivity index (χ3n) is 6.86. The molecule has 2 unspecified atom stereocenters. The van der Waals surface area contributed by atoms with E-state index in [9.17, 15) is 29.3 Å². The number of non-ortho nitro benzene ring substituents is 1. The Kier molecular flexibility index (Phi) is 7.31. The summed E-state index contributed by atoms with van der Waals surface area (Å²) >= 11 is 7.98. The van der Waals surface area contributed by atoms with Gasteiger partial charge in [-0.2, -0.15) is 0 Å². The number of anilines is 2. The Balaban J connectivity index is 1.28. The predicted molar refractivity (Wildman–Crippen MR) is 158 cm³/mol. The zero-order chi connectivity index (χ0) is 29.5. The number of hydrogen-bond acceptors (Lipinski definition) is 9. The molecule has 2 aliphatic heterocycles. The van der Waals surface area contributed by atoms with Crippen molar-refractivity contribution < 1.29 is 24.0 Å². The number of fused-ring (bicyclic) bond motifs is 2. The minimum Gasteiger partial charge on any atom is -0.484 e. The lowest BCUT2D eigenvalue weighted by Gasteiger charge is -2.30. The molecule has 1 saturated heterocycles. The van der Waals surface area contributed by atoms with Gasteiger partial charge in [-0.25, -0.2) is 4.90 Å². The lowest BCUT2D eigenvalue weighted by Crippen LogP contribution is -2.32. The van der Waals surface area contributed by atoms with Gasteiger partial charge in [0.15, 0.2) is 6.61 Å². The maximum atomic E-state index is 13.8. The molecular weight excluding hydrogens is 604 g/mol. The number of halogens is 1. The molecular formula is C28H19ClN4O7S2. The molecule has 1 fully saturated rings. The topological polar surface area (TPSA) is 152 Å². The molecule has 1 aromatic heterocycles. The second-order valence-corrected chi connectivity index (χ2v) is 12.1. The maximum Gasteiger partial charge on any atom is 0.305 e. The summed E-state index contributed by atoms with van der Waals surface area (Å²) in [6.45, 7) is -0.285. The van der Waals surface area contributed by atoms with E-state index >= 15 is 0 Å². The van der Waals surface area contributed by atoms with Gasteiger partial charge in [-0.15, -0.1) is 0 Å². The number of carbonyl (C=O) groups is 3. The summed E-state index contributed by atoms with van der Waals surface area (Å²) in [5.41, 5.74) is 1.25. The fourth-order valence-electron chi connectivity index (χ4n) is 5.03. The van der Waals surface area contributed by atoms with Gasteiger partial charge < -0.3 is 15.0 Å². The largest absolute Gasteiger partial charge is 0.484 e. The highest BCUT2D eigenvalue weighted by Gasteiger charge is 2.56. The van der Waals surface area contributed by atoms with E-state index in [0.717, 1.165) is 28.0 Å². The number of thiazole rings is 1. The number of amides is 3. The van der Waals surface area contributed by atoms with Gasteiger partial charge in [0.25, 0.3) is 11.6 Å². The van der Waals surface area contributed by atoms with E-state index in [-0.39, 0.29) is 22.9 Å². The first-order chi connectivity index (χ1) is 20.2. The number of nitro groups is 1. The van der Waals surface area contributed by atoms with Gasteiger partial charge in [-0.1, -0.05) is 46.8 Å². The van der Waals surface area contributed by atoms with Crippen LogP contribution in [0.4, 0.5) is 17.1 Å². The average molecular weight is 623 g/mol. The molecule has 0 spiro atoms. The number of carbonyl (C=O) groups excluding carboxylic acids is 3. The first-order valence-electron chi connectivity index (χ1n) is 12.5. The summed E-state index contributed by atoms with van der Waals surface area (Å²) < 4.78 is 5.74. The Morgan fingerprint density at radius 1 is 1.05 bits per heavy atom. The second kappa shape index (κ2) is 11.1. The number of aromatic nitrogens is 1. The summed E-state index contributed by atoms with van der Waals surface area (Å²) in [7, 11) is 0. The van der Waals surface area contributed by atoms with Crippen molar-refractivity contribution in [2.24, 2.45) is 5.92 Å². The Hall–Kier alpha value is -4.46. The Morgan fingerprint density at radius 2 is 1.79 bits per heavy atom. The lowest BCUT2D eigenvalue weighted by atomic mass is 9.83. The van der Waals surface area contributed by atoms with Crippen molar-refractivity contribution in [3.63, 3.8) is 0 Å². The van der Waals surface area contributed by atoms with E-state index in [1.54, 1.807) is 48.5 Å². The Bertz CT molecular complexity index is 1790. The number of nitro benzene ring substituents is 1. The number of thioether (sulfide) groups is 1. The van der Waals surface area contributed by atoms with Crippen LogP contribution in [0.3, 0.4) is 0 Å². The molecule has 2 aliphatic rings. The van der Waals surface area contributed by atoms with Crippen molar-refractivity contribution in [2.45, 2.75) is 16.2 Å². The van der Waals surface area contributed by atoms with E-state index in [4.69, 9.17) is 16.3 Å². The average Bonchev–Trinajstić information content (AvgIpc) is 3.47. The van der Waals surface area contributed by atoms with Crippen LogP contribution in [0.5, 0.6) is 5.75 Å². The highest BCUT2D eigenvalue weighted by molar-refractivity contribution is 8.00. The van der Waals surface area contributed by atoms with Gasteiger partial charge in [0.1, 0.15) is 11.0 Å². The van der Waals surface area contributed by atoms with Crippen LogP contribution in [0.1, 0.15) is 16.4 Å². The van der Waals surface area contributed by atoms with Crippen LogP contribution < -0.4 is 19.8 Å². The first kappa shape index (κ1) is 27.7. The van der Waals surface area contributed by atoms with Crippen LogP contribution in [-0.2, 0) is 14.4 Å². The third kappa shape index (κ3) is 5.17. The van der Waals surface area contributed by atoms with Crippen molar-refractivity contribution in [3.05, 3.63) is 108 Å². The smallest absolute Gasteiger partial charge is 0.305 e. The highest BCUT2D eigenvalue weighted by atomic mass is 35.5. The van der Waals surface area contributed by atoms with Crippen molar-refractivity contribution in [1.29, 1.82) is 0 Å². The van der Waals surface area contributed by atoms with Crippen LogP contribution in [-0.4, -0.2) is 39.5 Å². The van der Waals surface area contributed by atoms with E-state index in [1.165, 1.54) is 24.3 Å². The lowest BCUT2D eigenvalue weighted by molar-refractivity contribution is -0.384. The first-order valence-corrected chi connectivity index (χ1v) is 14.6. The molecule has 6 rings (SSSR count). The zero-order valence-electron chi connectivity index (χ0n) is 21.3. The van der Waals surface area contributed by atoms with E-state index in [2.05, 4.69) is 10.3 Å². The van der Waals surface area contributed by atoms with E-state index < -0.39 is 39.7 Å². The number of ether oxygens (including phenoxy) is 1. The molecule has 212 valence electrons. The van der Waals surface area contributed by atoms with Crippen LogP contribution in [0.25, 0.3) is 0 Å². The summed E-state index contributed by atoms with van der Waals surface area (Å²) in [6, 6.07) is 18.7. The number of benzene rings is 3. The molecule has 0 saturated carbocycles. The molecule has 42 heavy (non-hydrogen) atoms. The molecule has 2 N–H and O–H groups in total. The van der Waals surface area contributed by atoms with Crippen LogP contribution in [0, 0.1) is 16.0 Å². The molecule has 3 heterocycles. The van der Waals surface area contributed by atoms with Crippen molar-refractivity contribution >= 4 is 69.5 Å². The summed E-state index contributed by atoms with van der Waals surface area (Å²) in [4.78, 5) is 66.9. The molecule has 4 aromatic rings. The maximum absolute atomic E-state index is 13.8. The van der Waals surface area contributed by atoms with Gasteiger partial charge in [-0.3, -0.25) is 29.3 Å². The Labute approximate surface area is 250 Å². The monoisotopic (exact) mass is 622 g/mol. The van der Waals surface area contributed by atoms with Crippen LogP contribution in [0.15, 0.2) is 82.6 Å². The predicted octanol–water partition coefficient (Wildman–Crippen LogP) is 4.81. The van der Waals surface area contributed by atoms with Crippen molar-refractivity contribution in [1.82, 2.24) is 4.98 Å². The van der Waals surface area contributed by atoms with E-state index in [0.29, 0.717) is 31.9 Å². The summed E-state index contributed by atoms with van der Waals surface area (Å²) in [6.07, 6.45) is 0. The minimum absolute atomic E-state index is 0.166. The fraction of sp³-hybridized carbons (Fsp3) is 0.143. The highest BCUT2D eigenvalue weighted by Crippen LogP contribution is 2.53. The Morgan fingerprint density at radius 3 is 2.50 bits per heavy atom. The summed E-state index contributed by atoms with van der Waals surface area (Å²) in [5, 5.41) is 14.0. The molecule has 0 radical (unpaired) electrons. The molecule has 3 atom stereocenters. The SMILES string of the molecule is O=C(COc1cccc([C@H]2c3sc(=O)[nH]c3SC3C(=O)N(c4ccc([N+](=O)[O-])cc4)C(=O)C32)c1)Nc1ccc(Cl)cc1. The number of hydrogen-bond donors (Lipinski definition) is 2. The standard InChI is InChI=1S/C28H19ClN4O7S2/c29-15-4-6-16(7-5-15)30-20(34)13-40-19-3-1-2-14(12-19)21-22-24(41-25-23(21)42-28(37)31-25)27(36)32(26(22)35)17-8-10-18(11-9-17)33(38)39/h1-12,21-22,24H,13H2,(H,30,34)(H,31,37)/t21-,22?,24?/m1/s1. The molecule has 14 heteroatoms. The van der Waals surface area contributed by atoms with Crippen LogP contribution >= 0.6 is 34.7 Å². The molecule has 11 nitrogen and oxygen atoms in total. The van der Waals surface area contributed by atoms with Gasteiger partial charge in [0.05, 0.1) is 21.6 Å². The van der Waals surface area contributed by atoms with Crippen molar-refractivity contribution in [2.75, 3.05) is 16.8 Å². The number of rotatable bonds is 7. The molecule has 0 aliphatic carbocycles. The third-order valence-corrected chi connectivity index (χ3v) is 9.51. The molecule has 3 aromatic carbocycles. The molecule has 3 amide bonds. The number of H-pyrrole nitrogens is 1. The number of aromatic amines is 1. The zero-order valence-corrected chi connectivity index (χ0v) is 23.7. The normalized spacial score (nSPS) is 19.3. The quantitative estimate of drug-likeness (QED) is 0.169. The van der Waals surface area contributed by atoms with E-state index in [1.807, 2.05) is 0 Å². The number of imide groups is 1. The summed E-state index contributed by atoms with van der Waals surface area (Å²) in [5.74, 6) is -2.48. The minimum atomic E-state index is -0.847. The van der Waals surface area contributed by atoms with Crippen molar-refractivity contribution in [3.8, 4) is 5.75 Å². The fourth-order valence-corrected chi connectivity index (χ4v) is 7.67. The van der Waals surface area contributed by atoms with Gasteiger partial charge in [-0.05, 0) is 54.1 Å².